The Hall–Kier alpha value is 1.13. The molecule has 30 valence electrons. The van der Waals surface area contributed by atoms with E-state index in [-0.39, 0.29) is 3.83 Å². The van der Waals surface area contributed by atoms with Gasteiger partial charge in [-0.1, -0.05) is 0 Å². The van der Waals surface area contributed by atoms with Gasteiger partial charge >= 0.3 is 0 Å². The van der Waals surface area contributed by atoms with Crippen LogP contribution in [0.3, 0.4) is 0 Å². The maximum Gasteiger partial charge on any atom is 0.166 e. The van der Waals surface area contributed by atoms with Crippen molar-refractivity contribution in [2.24, 2.45) is 0 Å². The van der Waals surface area contributed by atoms with Crippen LogP contribution in [0.25, 0.3) is 0 Å². The van der Waals surface area contributed by atoms with Crippen LogP contribution >= 0.6 is 45.2 Å². The molecule has 0 N–H and O–H groups in total. The second-order valence-electron chi connectivity index (χ2n) is 0.399. The summed E-state index contributed by atoms with van der Waals surface area (Å²) in [5.41, 5.74) is 0. The Morgan fingerprint density at radius 1 is 1.80 bits per heavy atom. The minimum absolute atomic E-state index is 0.164. The van der Waals surface area contributed by atoms with E-state index in [0.717, 1.165) is 0 Å². The Balaban J connectivity index is 3.14. The molecule has 0 nitrogen and oxygen atoms in total. The molecule has 3 heteroatoms. The lowest BCUT2D eigenvalue weighted by molar-refractivity contribution is 0.715. The normalized spacial score (nSPS) is 12.2. The third-order valence-corrected chi connectivity index (χ3v) is 2.13. The average molecular weight is 298 g/mol. The van der Waals surface area contributed by atoms with Crippen molar-refractivity contribution in [3.63, 3.8) is 0 Å². The van der Waals surface area contributed by atoms with Crippen molar-refractivity contribution in [2.75, 3.05) is 0 Å². The zero-order chi connectivity index (χ0) is 4.28. The molecule has 0 radical (unpaired) electrons. The second kappa shape index (κ2) is 3.32. The number of halogens is 3. The molecule has 0 saturated carbocycles. The summed E-state index contributed by atoms with van der Waals surface area (Å²) in [7, 11) is 0. The van der Waals surface area contributed by atoms with Crippen LogP contribution in [0.5, 0.6) is 0 Å². The molecule has 0 aromatic heterocycles. The van der Waals surface area contributed by atoms with Crippen LogP contribution in [-0.4, -0.2) is 0 Å². The monoisotopic (exact) mass is 298 g/mol. The van der Waals surface area contributed by atoms with E-state index < -0.39 is 0 Å². The van der Waals surface area contributed by atoms with Crippen molar-refractivity contribution in [1.82, 2.24) is 0 Å². The molecule has 0 aliphatic carbocycles. The highest BCUT2D eigenvalue weighted by molar-refractivity contribution is 14.1. The third kappa shape index (κ3) is 5.13. The summed E-state index contributed by atoms with van der Waals surface area (Å²) in [5, 5.41) is 0. The Kier molecular flexibility index (Phi) is 4.08. The summed E-state index contributed by atoms with van der Waals surface area (Å²) in [5.74, 6) is 0. The van der Waals surface area contributed by atoms with E-state index in [4.69, 9.17) is 0 Å². The van der Waals surface area contributed by atoms with E-state index >= 15 is 0 Å². The molecular formula is C2HFI2. The lowest BCUT2D eigenvalue weighted by Crippen LogP contribution is -1.34. The van der Waals surface area contributed by atoms with Crippen LogP contribution in [0.2, 0.25) is 0 Å². The maximum atomic E-state index is 11.3. The highest BCUT2D eigenvalue weighted by atomic mass is 127. The van der Waals surface area contributed by atoms with Gasteiger partial charge in [-0.05, 0) is 45.2 Å². The number of hydrogen-bond donors (Lipinski definition) is 0. The minimum Gasteiger partial charge on any atom is -0.199 e. The van der Waals surface area contributed by atoms with Gasteiger partial charge in [0.15, 0.2) is 3.83 Å². The Bertz CT molecular complexity index is 45.6. The van der Waals surface area contributed by atoms with Gasteiger partial charge in [0, 0.05) is 4.08 Å². The fourth-order valence-corrected chi connectivity index (χ4v) is 0. The van der Waals surface area contributed by atoms with Crippen molar-refractivity contribution in [3.05, 3.63) is 7.92 Å². The smallest absolute Gasteiger partial charge is 0.166 e. The summed E-state index contributed by atoms with van der Waals surface area (Å²) < 4.78 is 12.5. The predicted molar refractivity (Wildman–Crippen MR) is 37.2 cm³/mol. The predicted octanol–water partition coefficient (Wildman–Crippen LogP) is 2.62. The first-order chi connectivity index (χ1) is 2.27. The number of hydrogen-bond acceptors (Lipinski definition) is 0. The molecule has 0 unspecified atom stereocenters. The molecule has 0 spiro atoms. The zero-order valence-electron chi connectivity index (χ0n) is 2.21. The van der Waals surface area contributed by atoms with Crippen LogP contribution in [0.1, 0.15) is 0 Å². The molecule has 0 aromatic rings. The molecular weight excluding hydrogens is 297 g/mol. The second-order valence-corrected chi connectivity index (χ2v) is 2.05. The van der Waals surface area contributed by atoms with E-state index in [0.29, 0.717) is 0 Å². The minimum atomic E-state index is -0.164. The Labute approximate surface area is 57.1 Å². The first kappa shape index (κ1) is 6.13. The van der Waals surface area contributed by atoms with E-state index in [1.807, 2.05) is 22.6 Å². The van der Waals surface area contributed by atoms with Crippen LogP contribution < -0.4 is 0 Å². The molecule has 0 saturated heterocycles. The first-order valence-electron chi connectivity index (χ1n) is 0.885. The molecule has 0 amide bonds. The molecule has 5 heavy (non-hydrogen) atoms. The van der Waals surface area contributed by atoms with Crippen LogP contribution in [0.15, 0.2) is 7.92 Å². The summed E-state index contributed by atoms with van der Waals surface area (Å²) in [6.07, 6.45) is 0. The quantitative estimate of drug-likeness (QED) is 0.603. The van der Waals surface area contributed by atoms with E-state index in [1.54, 1.807) is 22.6 Å². The molecule has 0 atom stereocenters. The Morgan fingerprint density at radius 3 is 2.00 bits per heavy atom. The molecule has 0 aliphatic rings. The third-order valence-electron chi connectivity index (χ3n) is 0.0825. The summed E-state index contributed by atoms with van der Waals surface area (Å²) in [4.78, 5) is 0. The van der Waals surface area contributed by atoms with Crippen molar-refractivity contribution < 1.29 is 4.39 Å². The molecule has 0 rings (SSSR count). The molecule has 0 heterocycles. The average Bonchev–Trinajstić information content (AvgIpc) is 1.38. The van der Waals surface area contributed by atoms with Gasteiger partial charge in [0.05, 0.1) is 0 Å². The SMILES string of the molecule is FC(I)=CI. The largest absolute Gasteiger partial charge is 0.199 e. The van der Waals surface area contributed by atoms with Gasteiger partial charge in [-0.25, -0.2) is 0 Å². The van der Waals surface area contributed by atoms with Crippen molar-refractivity contribution in [2.45, 2.75) is 0 Å². The topological polar surface area (TPSA) is 0 Å². The Morgan fingerprint density at radius 2 is 2.00 bits per heavy atom. The highest BCUT2D eigenvalue weighted by Gasteiger charge is 1.71. The summed E-state index contributed by atoms with van der Waals surface area (Å²) in [6, 6.07) is 0. The van der Waals surface area contributed by atoms with Gasteiger partial charge < -0.3 is 0 Å². The van der Waals surface area contributed by atoms with Gasteiger partial charge in [0.25, 0.3) is 0 Å². The maximum absolute atomic E-state index is 11.3. The van der Waals surface area contributed by atoms with Crippen LogP contribution in [0.4, 0.5) is 4.39 Å². The van der Waals surface area contributed by atoms with Gasteiger partial charge in [-0.15, -0.1) is 0 Å². The molecule has 0 fully saturated rings. The van der Waals surface area contributed by atoms with Crippen molar-refractivity contribution in [1.29, 1.82) is 0 Å². The molecule has 0 bridgehead atoms. The first-order valence-corrected chi connectivity index (χ1v) is 3.21. The van der Waals surface area contributed by atoms with E-state index in [2.05, 4.69) is 0 Å². The number of rotatable bonds is 0. The van der Waals surface area contributed by atoms with Gasteiger partial charge in [-0.3, -0.25) is 0 Å². The van der Waals surface area contributed by atoms with Gasteiger partial charge in [-0.2, -0.15) is 4.39 Å². The zero-order valence-corrected chi connectivity index (χ0v) is 6.53. The summed E-state index contributed by atoms with van der Waals surface area (Å²) >= 11 is 3.43. The molecule has 0 aliphatic heterocycles. The fraction of sp³-hybridized carbons (Fsp3) is 0. The van der Waals surface area contributed by atoms with Crippen LogP contribution in [-0.2, 0) is 0 Å². The lowest BCUT2D eigenvalue weighted by Gasteiger charge is -1.63. The summed E-state index contributed by atoms with van der Waals surface area (Å²) in [6.45, 7) is 0. The molecule has 0 aromatic carbocycles. The lowest BCUT2D eigenvalue weighted by atomic mass is 11.2. The van der Waals surface area contributed by atoms with Crippen LogP contribution in [0, 0.1) is 0 Å². The highest BCUT2D eigenvalue weighted by Crippen LogP contribution is 2.07. The van der Waals surface area contributed by atoms with Gasteiger partial charge in [0.2, 0.25) is 0 Å². The standard InChI is InChI=1S/C2HFI2/c3-2(5)1-4/h1H. The van der Waals surface area contributed by atoms with Gasteiger partial charge in [0.1, 0.15) is 0 Å². The van der Waals surface area contributed by atoms with Crippen molar-refractivity contribution >= 4 is 45.2 Å². The van der Waals surface area contributed by atoms with Crippen molar-refractivity contribution in [3.8, 4) is 0 Å². The van der Waals surface area contributed by atoms with E-state index in [9.17, 15) is 4.39 Å². The van der Waals surface area contributed by atoms with E-state index in [1.165, 1.54) is 4.08 Å². The fourth-order valence-electron chi connectivity index (χ4n) is 0.